The minimum atomic E-state index is -0.317. The number of benzene rings is 2. The minimum Gasteiger partial charge on any atom is -0.337 e. The van der Waals surface area contributed by atoms with Gasteiger partial charge in [-0.3, -0.25) is 9.80 Å². The number of nitrogens with zero attached hydrogens (tertiary/aromatic N) is 2. The second-order valence-corrected chi connectivity index (χ2v) is 6.49. The number of anilines is 1. The van der Waals surface area contributed by atoms with E-state index in [0.717, 1.165) is 39.3 Å². The van der Waals surface area contributed by atoms with Crippen LogP contribution in [0.15, 0.2) is 54.6 Å². The first-order chi connectivity index (χ1) is 12.7. The quantitative estimate of drug-likeness (QED) is 0.837. The molecule has 1 aliphatic rings. The van der Waals surface area contributed by atoms with E-state index in [1.807, 2.05) is 6.07 Å². The molecule has 2 aromatic rings. The second-order valence-electron chi connectivity index (χ2n) is 6.49. The highest BCUT2D eigenvalue weighted by Gasteiger charge is 2.16. The molecule has 3 rings (SSSR count). The van der Waals surface area contributed by atoms with E-state index in [1.165, 1.54) is 17.7 Å². The van der Waals surface area contributed by atoms with Gasteiger partial charge in [0.15, 0.2) is 0 Å². The zero-order chi connectivity index (χ0) is 18.2. The predicted octanol–water partition coefficient (Wildman–Crippen LogP) is 2.77. The zero-order valence-corrected chi connectivity index (χ0v) is 14.8. The summed E-state index contributed by atoms with van der Waals surface area (Å²) >= 11 is 0. The average molecular weight is 356 g/mol. The third-order valence-corrected chi connectivity index (χ3v) is 4.53. The molecule has 1 heterocycles. The molecule has 0 atom stereocenters. The molecule has 0 unspecified atom stereocenters. The highest BCUT2D eigenvalue weighted by atomic mass is 19.1. The molecule has 5 nitrogen and oxygen atoms in total. The van der Waals surface area contributed by atoms with Gasteiger partial charge in [0.2, 0.25) is 0 Å². The van der Waals surface area contributed by atoms with Gasteiger partial charge in [-0.1, -0.05) is 30.3 Å². The number of amides is 2. The summed E-state index contributed by atoms with van der Waals surface area (Å²) in [6, 6.07) is 16.0. The minimum absolute atomic E-state index is 0.265. The Balaban J connectivity index is 1.31. The van der Waals surface area contributed by atoms with Crippen molar-refractivity contribution < 1.29 is 9.18 Å². The fourth-order valence-electron chi connectivity index (χ4n) is 3.05. The standard InChI is InChI=1S/C20H25FN4O/c21-18-6-8-19(9-7-18)23-20(26)22-10-11-24-12-14-25(15-13-24)16-17-4-2-1-3-5-17/h1-9H,10-16H2,(H2,22,23,26). The van der Waals surface area contributed by atoms with Gasteiger partial charge in [-0.25, -0.2) is 9.18 Å². The molecule has 2 amide bonds. The van der Waals surface area contributed by atoms with Gasteiger partial charge < -0.3 is 10.6 Å². The van der Waals surface area contributed by atoms with Crippen LogP contribution in [0.5, 0.6) is 0 Å². The molecule has 0 aliphatic carbocycles. The number of hydrogen-bond donors (Lipinski definition) is 2. The van der Waals surface area contributed by atoms with E-state index in [4.69, 9.17) is 0 Å². The van der Waals surface area contributed by atoms with Crippen LogP contribution in [0.1, 0.15) is 5.56 Å². The van der Waals surface area contributed by atoms with E-state index < -0.39 is 0 Å². The van der Waals surface area contributed by atoms with Crippen LogP contribution in [0.3, 0.4) is 0 Å². The number of rotatable bonds is 6. The Bertz CT molecular complexity index is 685. The van der Waals surface area contributed by atoms with E-state index in [1.54, 1.807) is 12.1 Å². The van der Waals surface area contributed by atoms with Crippen LogP contribution < -0.4 is 10.6 Å². The van der Waals surface area contributed by atoms with Crippen molar-refractivity contribution in [3.8, 4) is 0 Å². The lowest BCUT2D eigenvalue weighted by Crippen LogP contribution is -2.48. The van der Waals surface area contributed by atoms with Gasteiger partial charge in [0.05, 0.1) is 0 Å². The summed E-state index contributed by atoms with van der Waals surface area (Å²) in [6.07, 6.45) is 0. The number of carbonyl (C=O) groups is 1. The Morgan fingerprint density at radius 2 is 1.58 bits per heavy atom. The van der Waals surface area contributed by atoms with E-state index in [-0.39, 0.29) is 11.8 Å². The van der Waals surface area contributed by atoms with Gasteiger partial charge in [0, 0.05) is 51.5 Å². The number of urea groups is 1. The SMILES string of the molecule is O=C(NCCN1CCN(Cc2ccccc2)CC1)Nc1ccc(F)cc1. The first-order valence-corrected chi connectivity index (χ1v) is 8.98. The Morgan fingerprint density at radius 1 is 0.923 bits per heavy atom. The van der Waals surface area contributed by atoms with Crippen molar-refractivity contribution in [2.45, 2.75) is 6.54 Å². The summed E-state index contributed by atoms with van der Waals surface area (Å²) < 4.78 is 12.8. The summed E-state index contributed by atoms with van der Waals surface area (Å²) in [5.74, 6) is -0.317. The maximum atomic E-state index is 12.8. The van der Waals surface area contributed by atoms with Crippen LogP contribution in [0.25, 0.3) is 0 Å². The smallest absolute Gasteiger partial charge is 0.319 e. The number of hydrogen-bond acceptors (Lipinski definition) is 3. The second kappa shape index (κ2) is 9.31. The van der Waals surface area contributed by atoms with Crippen LogP contribution in [0.4, 0.5) is 14.9 Å². The molecule has 138 valence electrons. The van der Waals surface area contributed by atoms with Gasteiger partial charge in [-0.05, 0) is 29.8 Å². The van der Waals surface area contributed by atoms with Crippen molar-refractivity contribution in [2.75, 3.05) is 44.6 Å². The lowest BCUT2D eigenvalue weighted by Gasteiger charge is -2.34. The first kappa shape index (κ1) is 18.4. The highest BCUT2D eigenvalue weighted by Crippen LogP contribution is 2.09. The van der Waals surface area contributed by atoms with E-state index in [9.17, 15) is 9.18 Å². The van der Waals surface area contributed by atoms with Crippen molar-refractivity contribution in [2.24, 2.45) is 0 Å². The molecule has 26 heavy (non-hydrogen) atoms. The van der Waals surface area contributed by atoms with Gasteiger partial charge >= 0.3 is 6.03 Å². The van der Waals surface area contributed by atoms with Crippen molar-refractivity contribution in [3.63, 3.8) is 0 Å². The summed E-state index contributed by atoms with van der Waals surface area (Å²) in [7, 11) is 0. The van der Waals surface area contributed by atoms with E-state index >= 15 is 0 Å². The van der Waals surface area contributed by atoms with Crippen LogP contribution in [-0.2, 0) is 6.54 Å². The lowest BCUT2D eigenvalue weighted by atomic mass is 10.2. The van der Waals surface area contributed by atoms with Crippen LogP contribution in [-0.4, -0.2) is 55.1 Å². The fourth-order valence-corrected chi connectivity index (χ4v) is 3.05. The summed E-state index contributed by atoms with van der Waals surface area (Å²) in [5, 5.41) is 5.54. The molecule has 0 aromatic heterocycles. The van der Waals surface area contributed by atoms with Crippen molar-refractivity contribution in [3.05, 3.63) is 66.0 Å². The monoisotopic (exact) mass is 356 g/mol. The molecule has 2 aromatic carbocycles. The topological polar surface area (TPSA) is 47.6 Å². The average Bonchev–Trinajstić information content (AvgIpc) is 2.66. The van der Waals surface area contributed by atoms with Crippen molar-refractivity contribution >= 4 is 11.7 Å². The van der Waals surface area contributed by atoms with Crippen LogP contribution in [0, 0.1) is 5.82 Å². The number of nitrogens with one attached hydrogen (secondary N) is 2. The number of piperazine rings is 1. The number of halogens is 1. The Hall–Kier alpha value is -2.44. The van der Waals surface area contributed by atoms with Crippen LogP contribution >= 0.6 is 0 Å². The van der Waals surface area contributed by atoms with Gasteiger partial charge in [-0.2, -0.15) is 0 Å². The van der Waals surface area contributed by atoms with Gasteiger partial charge in [0.1, 0.15) is 5.82 Å². The van der Waals surface area contributed by atoms with Crippen molar-refractivity contribution in [1.82, 2.24) is 15.1 Å². The zero-order valence-electron chi connectivity index (χ0n) is 14.8. The van der Waals surface area contributed by atoms with E-state index in [0.29, 0.717) is 12.2 Å². The summed E-state index contributed by atoms with van der Waals surface area (Å²) in [4.78, 5) is 16.7. The largest absolute Gasteiger partial charge is 0.337 e. The lowest BCUT2D eigenvalue weighted by molar-refractivity contribution is 0.128. The molecule has 1 aliphatic heterocycles. The molecule has 6 heteroatoms. The third kappa shape index (κ3) is 5.82. The molecule has 0 radical (unpaired) electrons. The van der Waals surface area contributed by atoms with E-state index in [2.05, 4.69) is 44.7 Å². The van der Waals surface area contributed by atoms with Crippen LogP contribution in [0.2, 0.25) is 0 Å². The fraction of sp³-hybridized carbons (Fsp3) is 0.350. The Labute approximate surface area is 153 Å². The molecule has 0 spiro atoms. The van der Waals surface area contributed by atoms with Gasteiger partial charge in [0.25, 0.3) is 0 Å². The molecular formula is C20H25FN4O. The third-order valence-electron chi connectivity index (χ3n) is 4.53. The normalized spacial score (nSPS) is 15.6. The molecular weight excluding hydrogens is 331 g/mol. The van der Waals surface area contributed by atoms with Crippen molar-refractivity contribution in [1.29, 1.82) is 0 Å². The highest BCUT2D eigenvalue weighted by molar-refractivity contribution is 5.89. The maximum Gasteiger partial charge on any atom is 0.319 e. The summed E-state index contributed by atoms with van der Waals surface area (Å²) in [5.41, 5.74) is 1.93. The van der Waals surface area contributed by atoms with Gasteiger partial charge in [-0.15, -0.1) is 0 Å². The number of carbonyl (C=O) groups excluding carboxylic acids is 1. The maximum absolute atomic E-state index is 12.8. The molecule has 1 saturated heterocycles. The molecule has 0 bridgehead atoms. The molecule has 1 fully saturated rings. The Morgan fingerprint density at radius 3 is 2.27 bits per heavy atom. The predicted molar refractivity (Wildman–Crippen MR) is 102 cm³/mol. The molecule has 0 saturated carbocycles. The first-order valence-electron chi connectivity index (χ1n) is 8.98. The molecule has 2 N–H and O–H groups in total. The Kier molecular flexibility index (Phi) is 6.57. The summed E-state index contributed by atoms with van der Waals surface area (Å²) in [6.45, 7) is 6.50.